The number of pyridine rings is 1. The van der Waals surface area contributed by atoms with Gasteiger partial charge in [-0.25, -0.2) is 9.78 Å². The van der Waals surface area contributed by atoms with Gasteiger partial charge < -0.3 is 19.3 Å². The molecule has 182 valence electrons. The van der Waals surface area contributed by atoms with Crippen LogP contribution >= 0.6 is 0 Å². The highest BCUT2D eigenvalue weighted by Crippen LogP contribution is 2.40. The molecule has 4 rings (SSSR count). The highest BCUT2D eigenvalue weighted by atomic mass is 16.5. The lowest BCUT2D eigenvalue weighted by Gasteiger charge is -2.33. The van der Waals surface area contributed by atoms with Gasteiger partial charge in [-0.3, -0.25) is 0 Å². The van der Waals surface area contributed by atoms with Crippen molar-refractivity contribution in [2.24, 2.45) is 5.41 Å². The van der Waals surface area contributed by atoms with Crippen LogP contribution in [-0.4, -0.2) is 50.9 Å². The minimum Gasteiger partial charge on any atom is -0.477 e. The second-order valence-electron chi connectivity index (χ2n) is 9.77. The van der Waals surface area contributed by atoms with Crippen molar-refractivity contribution in [3.05, 3.63) is 47.2 Å². The fourth-order valence-electron chi connectivity index (χ4n) is 4.30. The number of carbonyl (C=O) groups is 1. The first-order chi connectivity index (χ1) is 16.7. The van der Waals surface area contributed by atoms with E-state index in [0.29, 0.717) is 43.1 Å². The first kappa shape index (κ1) is 24.2. The number of benzene rings is 1. The summed E-state index contributed by atoms with van der Waals surface area (Å²) < 4.78 is 11.0. The van der Waals surface area contributed by atoms with Crippen LogP contribution in [0, 0.1) is 16.7 Å². The van der Waals surface area contributed by atoms with Gasteiger partial charge in [0.2, 0.25) is 11.7 Å². The van der Waals surface area contributed by atoms with Crippen LogP contribution < -0.4 is 4.74 Å². The first-order valence-corrected chi connectivity index (χ1v) is 11.7. The molecular weight excluding hydrogens is 446 g/mol. The number of ether oxygens (including phenoxy) is 1. The number of aromatic nitrogens is 3. The molecule has 3 aromatic rings. The molecule has 1 aliphatic heterocycles. The van der Waals surface area contributed by atoms with E-state index in [1.807, 2.05) is 19.1 Å². The standard InChI is InChI=1S/C26H29N5O4/c1-5-10-34-23-18(13-27)12-19(14-28-23)24-29-22(30-35-24)17-6-7-20-16(11-17)8-9-31(25(32)33)15-21(20)26(2,3)4/h6-7,11-12,14,21H,5,8-10,15H2,1-4H3,(H,32,33). The van der Waals surface area contributed by atoms with Crippen LogP contribution in [-0.2, 0) is 6.42 Å². The molecule has 0 spiro atoms. The molecule has 1 unspecified atom stereocenters. The molecule has 9 heteroatoms. The summed E-state index contributed by atoms with van der Waals surface area (Å²) in [6.07, 6.45) is 2.08. The number of rotatable bonds is 5. The molecule has 1 aliphatic rings. The number of fused-ring (bicyclic) bond motifs is 1. The van der Waals surface area contributed by atoms with Crippen LogP contribution in [0.1, 0.15) is 56.7 Å². The zero-order valence-electron chi connectivity index (χ0n) is 20.4. The minimum absolute atomic E-state index is 0.0647. The molecule has 1 amide bonds. The Morgan fingerprint density at radius 2 is 2.11 bits per heavy atom. The Morgan fingerprint density at radius 1 is 1.31 bits per heavy atom. The summed E-state index contributed by atoms with van der Waals surface area (Å²) in [7, 11) is 0. The number of nitriles is 1. The zero-order chi connectivity index (χ0) is 25.2. The lowest BCUT2D eigenvalue weighted by Crippen LogP contribution is -2.36. The molecule has 1 atom stereocenters. The van der Waals surface area contributed by atoms with Crippen LogP contribution in [0.5, 0.6) is 5.88 Å². The molecule has 0 bridgehead atoms. The SMILES string of the molecule is CCCOc1ncc(-c2nc(-c3ccc4c(c3)CCN(C(=O)O)CC4C(C)(C)C)no2)cc1C#N. The van der Waals surface area contributed by atoms with E-state index in [0.717, 1.165) is 23.1 Å². The number of hydrogen-bond donors (Lipinski definition) is 1. The minimum atomic E-state index is -0.897. The Hall–Kier alpha value is -3.93. The molecule has 0 radical (unpaired) electrons. The van der Waals surface area contributed by atoms with Crippen molar-refractivity contribution in [1.82, 2.24) is 20.0 Å². The third-order valence-corrected chi connectivity index (χ3v) is 6.23. The molecule has 0 aliphatic carbocycles. The van der Waals surface area contributed by atoms with Crippen molar-refractivity contribution >= 4 is 6.09 Å². The van der Waals surface area contributed by atoms with Gasteiger partial charge in [-0.15, -0.1) is 0 Å². The number of amides is 1. The number of carboxylic acid groups (broad SMARTS) is 1. The Bertz CT molecular complexity index is 1270. The summed E-state index contributed by atoms with van der Waals surface area (Å²) in [6.45, 7) is 9.75. The maximum Gasteiger partial charge on any atom is 0.407 e. The van der Waals surface area contributed by atoms with Crippen molar-refractivity contribution < 1.29 is 19.2 Å². The fourth-order valence-corrected chi connectivity index (χ4v) is 4.30. The van der Waals surface area contributed by atoms with Crippen molar-refractivity contribution in [3.63, 3.8) is 0 Å². The summed E-state index contributed by atoms with van der Waals surface area (Å²) in [4.78, 5) is 22.0. The van der Waals surface area contributed by atoms with Gasteiger partial charge in [0.05, 0.1) is 12.2 Å². The number of hydrogen-bond acceptors (Lipinski definition) is 7. The predicted octanol–water partition coefficient (Wildman–Crippen LogP) is 5.12. The van der Waals surface area contributed by atoms with Gasteiger partial charge in [-0.2, -0.15) is 10.2 Å². The van der Waals surface area contributed by atoms with E-state index in [2.05, 4.69) is 48.0 Å². The number of nitrogens with zero attached hydrogens (tertiary/aromatic N) is 5. The van der Waals surface area contributed by atoms with Crippen LogP contribution in [0.3, 0.4) is 0 Å². The van der Waals surface area contributed by atoms with Gasteiger partial charge in [-0.1, -0.05) is 45.0 Å². The van der Waals surface area contributed by atoms with Gasteiger partial charge in [0, 0.05) is 30.8 Å². The van der Waals surface area contributed by atoms with Crippen molar-refractivity contribution in [2.75, 3.05) is 19.7 Å². The molecule has 0 saturated carbocycles. The molecule has 35 heavy (non-hydrogen) atoms. The normalized spacial score (nSPS) is 15.7. The second kappa shape index (κ2) is 9.74. The Morgan fingerprint density at radius 3 is 2.80 bits per heavy atom. The Kier molecular flexibility index (Phi) is 6.74. The topological polar surface area (TPSA) is 125 Å². The lowest BCUT2D eigenvalue weighted by atomic mass is 9.75. The lowest BCUT2D eigenvalue weighted by molar-refractivity contribution is 0.135. The molecule has 2 aromatic heterocycles. The van der Waals surface area contributed by atoms with Gasteiger partial charge in [-0.05, 0) is 41.5 Å². The quantitative estimate of drug-likeness (QED) is 0.539. The van der Waals surface area contributed by atoms with Crippen molar-refractivity contribution in [3.8, 4) is 34.8 Å². The van der Waals surface area contributed by atoms with Crippen LogP contribution in [0.2, 0.25) is 0 Å². The van der Waals surface area contributed by atoms with Crippen molar-refractivity contribution in [2.45, 2.75) is 46.5 Å². The highest BCUT2D eigenvalue weighted by molar-refractivity contribution is 5.66. The molecule has 9 nitrogen and oxygen atoms in total. The van der Waals surface area contributed by atoms with Gasteiger partial charge in [0.25, 0.3) is 5.89 Å². The second-order valence-corrected chi connectivity index (χ2v) is 9.77. The largest absolute Gasteiger partial charge is 0.477 e. The summed E-state index contributed by atoms with van der Waals surface area (Å²) in [5, 5.41) is 23.2. The zero-order valence-corrected chi connectivity index (χ0v) is 20.4. The van der Waals surface area contributed by atoms with E-state index in [1.54, 1.807) is 12.3 Å². The Balaban J connectivity index is 1.65. The van der Waals surface area contributed by atoms with E-state index >= 15 is 0 Å². The molecular formula is C26H29N5O4. The van der Waals surface area contributed by atoms with E-state index in [9.17, 15) is 15.2 Å². The molecule has 0 saturated heterocycles. The van der Waals surface area contributed by atoms with E-state index in [4.69, 9.17) is 9.26 Å². The first-order valence-electron chi connectivity index (χ1n) is 11.7. The summed E-state index contributed by atoms with van der Waals surface area (Å²) in [6, 6.07) is 9.75. The van der Waals surface area contributed by atoms with Crippen LogP contribution in [0.25, 0.3) is 22.8 Å². The monoisotopic (exact) mass is 475 g/mol. The van der Waals surface area contributed by atoms with E-state index in [-0.39, 0.29) is 23.1 Å². The van der Waals surface area contributed by atoms with Crippen molar-refractivity contribution in [1.29, 1.82) is 5.26 Å². The summed E-state index contributed by atoms with van der Waals surface area (Å²) in [5.41, 5.74) is 3.75. The third kappa shape index (κ3) is 5.11. The van der Waals surface area contributed by atoms with Crippen LogP contribution in [0.15, 0.2) is 35.0 Å². The van der Waals surface area contributed by atoms with E-state index < -0.39 is 6.09 Å². The van der Waals surface area contributed by atoms with Gasteiger partial charge in [0.15, 0.2) is 0 Å². The van der Waals surface area contributed by atoms with Gasteiger partial charge in [0.1, 0.15) is 11.6 Å². The highest BCUT2D eigenvalue weighted by Gasteiger charge is 2.33. The average molecular weight is 476 g/mol. The summed E-state index contributed by atoms with van der Waals surface area (Å²) in [5.74, 6) is 1.02. The predicted molar refractivity (Wildman–Crippen MR) is 129 cm³/mol. The third-order valence-electron chi connectivity index (χ3n) is 6.23. The van der Waals surface area contributed by atoms with E-state index in [1.165, 1.54) is 4.90 Å². The fraction of sp³-hybridized carbons (Fsp3) is 0.423. The Labute approximate surface area is 204 Å². The maximum absolute atomic E-state index is 11.7. The molecule has 0 fully saturated rings. The van der Waals surface area contributed by atoms with Crippen LogP contribution in [0.4, 0.5) is 4.79 Å². The van der Waals surface area contributed by atoms with Gasteiger partial charge >= 0.3 is 6.09 Å². The summed E-state index contributed by atoms with van der Waals surface area (Å²) >= 11 is 0. The average Bonchev–Trinajstić information content (AvgIpc) is 3.23. The molecule has 1 aromatic carbocycles. The maximum atomic E-state index is 11.7. The smallest absolute Gasteiger partial charge is 0.407 e. The molecule has 3 heterocycles. The molecule has 1 N–H and O–H groups in total.